The Hall–Kier alpha value is -3.36. The van der Waals surface area contributed by atoms with E-state index >= 15 is 0 Å². The number of aliphatic carboxylic acids is 1. The fourth-order valence-electron chi connectivity index (χ4n) is 4.74. The minimum absolute atomic E-state index is 0.106. The fourth-order valence-corrected chi connectivity index (χ4v) is 4.74. The van der Waals surface area contributed by atoms with Gasteiger partial charge in [0.15, 0.2) is 0 Å². The number of nitrogens with zero attached hydrogens (tertiary/aromatic N) is 4. The first-order valence-electron chi connectivity index (χ1n) is 11.7. The molecule has 2 N–H and O–H groups in total. The molecule has 0 spiro atoms. The first kappa shape index (κ1) is 21.5. The number of carboxylic acid groups (broad SMARTS) is 1. The van der Waals surface area contributed by atoms with Gasteiger partial charge in [0.1, 0.15) is 11.7 Å². The molecule has 0 bridgehead atoms. The molecular formula is C24H29N5O4. The van der Waals surface area contributed by atoms with Crippen molar-refractivity contribution in [2.75, 3.05) is 44.6 Å². The van der Waals surface area contributed by atoms with Crippen LogP contribution in [0.1, 0.15) is 41.3 Å². The number of hydrogen-bond acceptors (Lipinski definition) is 6. The zero-order valence-electron chi connectivity index (χ0n) is 18.6. The molecule has 33 heavy (non-hydrogen) atoms. The van der Waals surface area contributed by atoms with Gasteiger partial charge in [-0.3, -0.25) is 4.79 Å². The lowest BCUT2D eigenvalue weighted by Crippen LogP contribution is -2.37. The van der Waals surface area contributed by atoms with Gasteiger partial charge in [0.2, 0.25) is 5.88 Å². The number of rotatable bonds is 8. The number of carbonyl (C=O) groups excluding carboxylic acids is 1. The largest absolute Gasteiger partial charge is 0.481 e. The molecule has 9 nitrogen and oxygen atoms in total. The minimum atomic E-state index is -0.987. The number of hydrogen-bond donors (Lipinski definition) is 2. The number of urea groups is 1. The summed E-state index contributed by atoms with van der Waals surface area (Å²) in [5.41, 5.74) is 3.73. The maximum absolute atomic E-state index is 12.9. The first-order chi connectivity index (χ1) is 16.1. The van der Waals surface area contributed by atoms with Gasteiger partial charge in [-0.1, -0.05) is 12.1 Å². The lowest BCUT2D eigenvalue weighted by molar-refractivity contribution is -0.139. The molecule has 1 saturated heterocycles. The Morgan fingerprint density at radius 2 is 1.97 bits per heavy atom. The molecule has 0 unspecified atom stereocenters. The monoisotopic (exact) mass is 451 g/mol. The van der Waals surface area contributed by atoms with Crippen molar-refractivity contribution >= 4 is 17.8 Å². The highest BCUT2D eigenvalue weighted by atomic mass is 16.5. The van der Waals surface area contributed by atoms with Gasteiger partial charge in [0.25, 0.3) is 0 Å². The zero-order chi connectivity index (χ0) is 22.8. The van der Waals surface area contributed by atoms with Crippen molar-refractivity contribution < 1.29 is 19.4 Å². The molecule has 0 saturated carbocycles. The number of aryl methyl sites for hydroxylation is 2. The number of carboxylic acids is 1. The molecule has 1 fully saturated rings. The highest BCUT2D eigenvalue weighted by Crippen LogP contribution is 2.27. The number of pyridine rings is 2. The maximum Gasteiger partial charge on any atom is 0.320 e. The van der Waals surface area contributed by atoms with E-state index in [4.69, 9.17) is 9.72 Å². The van der Waals surface area contributed by atoms with Crippen LogP contribution >= 0.6 is 0 Å². The Morgan fingerprint density at radius 1 is 1.12 bits per heavy atom. The average molecular weight is 452 g/mol. The second-order valence-electron chi connectivity index (χ2n) is 8.85. The SMILES string of the molecule is O=C(O)[C@H](CN1CCN(CCCc2ccc3c(n2)NCCC3)C1=O)c1ccc2c(n1)OCC2. The van der Waals surface area contributed by atoms with Crippen LogP contribution in [-0.2, 0) is 24.1 Å². The van der Waals surface area contributed by atoms with Gasteiger partial charge in [-0.25, -0.2) is 14.8 Å². The molecule has 2 aromatic rings. The van der Waals surface area contributed by atoms with Gasteiger partial charge in [0, 0.05) is 50.4 Å². The van der Waals surface area contributed by atoms with Gasteiger partial charge in [-0.15, -0.1) is 0 Å². The van der Waals surface area contributed by atoms with E-state index in [1.807, 2.05) is 6.07 Å². The quantitative estimate of drug-likeness (QED) is 0.634. The Labute approximate surface area is 192 Å². The standard InChI is InChI=1S/C24H29N5O4/c30-23(31)19(20-8-6-17-9-14-33-22(17)27-20)15-29-13-12-28(24(29)32)11-2-4-18-7-5-16-3-1-10-25-21(16)26-18/h5-8,19H,1-4,9-15H2,(H,25,26)(H,30,31)/t19-/m1/s1. The highest BCUT2D eigenvalue weighted by molar-refractivity contribution is 5.80. The number of fused-ring (bicyclic) bond motifs is 2. The smallest absolute Gasteiger partial charge is 0.320 e. The average Bonchev–Trinajstić information content (AvgIpc) is 3.43. The molecule has 3 aliphatic rings. The number of carbonyl (C=O) groups is 2. The number of nitrogens with one attached hydrogen (secondary N) is 1. The molecule has 1 atom stereocenters. The highest BCUT2D eigenvalue weighted by Gasteiger charge is 2.33. The molecule has 0 aliphatic carbocycles. The maximum atomic E-state index is 12.9. The normalized spacial score (nSPS) is 17.9. The Balaban J connectivity index is 1.16. The summed E-state index contributed by atoms with van der Waals surface area (Å²) in [7, 11) is 0. The van der Waals surface area contributed by atoms with Crippen LogP contribution in [-0.4, -0.2) is 76.2 Å². The van der Waals surface area contributed by atoms with Crippen LogP contribution in [0, 0.1) is 0 Å². The number of anilines is 1. The fraction of sp³-hybridized carbons (Fsp3) is 0.500. The first-order valence-corrected chi connectivity index (χ1v) is 11.7. The molecule has 5 heterocycles. The summed E-state index contributed by atoms with van der Waals surface area (Å²) in [6.45, 7) is 3.39. The van der Waals surface area contributed by atoms with Gasteiger partial charge in [-0.05, 0) is 43.4 Å². The summed E-state index contributed by atoms with van der Waals surface area (Å²) in [5, 5.41) is 13.2. The Kier molecular flexibility index (Phi) is 6.02. The molecule has 9 heteroatoms. The van der Waals surface area contributed by atoms with E-state index in [9.17, 15) is 14.7 Å². The van der Waals surface area contributed by atoms with E-state index in [1.54, 1.807) is 15.9 Å². The third-order valence-corrected chi connectivity index (χ3v) is 6.62. The van der Waals surface area contributed by atoms with Crippen LogP contribution in [0.5, 0.6) is 5.88 Å². The van der Waals surface area contributed by atoms with Crippen molar-refractivity contribution in [2.24, 2.45) is 0 Å². The van der Waals surface area contributed by atoms with Crippen LogP contribution < -0.4 is 10.1 Å². The molecule has 0 radical (unpaired) electrons. The summed E-state index contributed by atoms with van der Waals surface area (Å²) in [5.74, 6) is -0.360. The van der Waals surface area contributed by atoms with E-state index in [0.29, 0.717) is 37.8 Å². The van der Waals surface area contributed by atoms with Crippen molar-refractivity contribution in [1.29, 1.82) is 0 Å². The molecule has 174 valence electrons. The number of ether oxygens (including phenoxy) is 1. The number of amides is 2. The van der Waals surface area contributed by atoms with Crippen molar-refractivity contribution in [3.8, 4) is 5.88 Å². The molecule has 5 rings (SSSR count). The molecule has 3 aliphatic heterocycles. The van der Waals surface area contributed by atoms with Crippen molar-refractivity contribution in [1.82, 2.24) is 19.8 Å². The van der Waals surface area contributed by atoms with Crippen LogP contribution in [0.15, 0.2) is 24.3 Å². The molecule has 2 amide bonds. The lowest BCUT2D eigenvalue weighted by atomic mass is 10.0. The van der Waals surface area contributed by atoms with Crippen molar-refractivity contribution in [3.63, 3.8) is 0 Å². The summed E-state index contributed by atoms with van der Waals surface area (Å²) in [6.07, 6.45) is 4.62. The summed E-state index contributed by atoms with van der Waals surface area (Å²) < 4.78 is 5.49. The van der Waals surface area contributed by atoms with E-state index in [1.165, 1.54) is 5.56 Å². The van der Waals surface area contributed by atoms with E-state index < -0.39 is 11.9 Å². The second kappa shape index (κ2) is 9.25. The number of aromatic nitrogens is 2. The Morgan fingerprint density at radius 3 is 2.85 bits per heavy atom. The predicted octanol–water partition coefficient (Wildman–Crippen LogP) is 2.31. The third-order valence-electron chi connectivity index (χ3n) is 6.62. The van der Waals surface area contributed by atoms with Crippen LogP contribution in [0.2, 0.25) is 0 Å². The van der Waals surface area contributed by atoms with E-state index in [-0.39, 0.29) is 12.6 Å². The summed E-state index contributed by atoms with van der Waals surface area (Å²) >= 11 is 0. The third kappa shape index (κ3) is 4.58. The minimum Gasteiger partial charge on any atom is -0.481 e. The zero-order valence-corrected chi connectivity index (χ0v) is 18.6. The Bertz CT molecular complexity index is 1060. The van der Waals surface area contributed by atoms with Gasteiger partial charge < -0.3 is 25.0 Å². The molecule has 2 aromatic heterocycles. The summed E-state index contributed by atoms with van der Waals surface area (Å²) in [6, 6.07) is 7.73. The van der Waals surface area contributed by atoms with Gasteiger partial charge >= 0.3 is 12.0 Å². The molecule has 0 aromatic carbocycles. The van der Waals surface area contributed by atoms with Crippen LogP contribution in [0.3, 0.4) is 0 Å². The topological polar surface area (TPSA) is 108 Å². The predicted molar refractivity (Wildman–Crippen MR) is 122 cm³/mol. The van der Waals surface area contributed by atoms with Gasteiger partial charge in [0.05, 0.1) is 12.3 Å². The van der Waals surface area contributed by atoms with E-state index in [2.05, 4.69) is 22.4 Å². The van der Waals surface area contributed by atoms with Crippen molar-refractivity contribution in [2.45, 2.75) is 38.0 Å². The second-order valence-corrected chi connectivity index (χ2v) is 8.85. The lowest BCUT2D eigenvalue weighted by Gasteiger charge is -2.22. The molecular weight excluding hydrogens is 422 g/mol. The van der Waals surface area contributed by atoms with Crippen LogP contribution in [0.25, 0.3) is 0 Å². The van der Waals surface area contributed by atoms with Crippen LogP contribution in [0.4, 0.5) is 10.6 Å². The van der Waals surface area contributed by atoms with Crippen molar-refractivity contribution in [3.05, 3.63) is 46.8 Å². The van der Waals surface area contributed by atoms with E-state index in [0.717, 1.165) is 55.7 Å². The summed E-state index contributed by atoms with van der Waals surface area (Å²) in [4.78, 5) is 37.4. The van der Waals surface area contributed by atoms with Gasteiger partial charge in [-0.2, -0.15) is 0 Å².